The number of non-ortho nitro benzene ring substituents is 1. The van der Waals surface area contributed by atoms with Gasteiger partial charge in [-0.15, -0.1) is 0 Å². The van der Waals surface area contributed by atoms with Gasteiger partial charge in [0.25, 0.3) is 17.5 Å². The number of halogens is 1. The second-order valence-corrected chi connectivity index (χ2v) is 5.85. The molecular weight excluding hydrogens is 396 g/mol. The van der Waals surface area contributed by atoms with Crippen LogP contribution in [0.4, 0.5) is 5.69 Å². The molecule has 11 heteroatoms. The van der Waals surface area contributed by atoms with E-state index in [2.05, 4.69) is 16.2 Å². The number of carbonyl (C=O) groups excluding carboxylic acids is 2. The van der Waals surface area contributed by atoms with Gasteiger partial charge in [0, 0.05) is 22.7 Å². The van der Waals surface area contributed by atoms with E-state index >= 15 is 0 Å². The minimum absolute atomic E-state index is 0.0886. The van der Waals surface area contributed by atoms with Crippen LogP contribution >= 0.6 is 23.8 Å². The van der Waals surface area contributed by atoms with Crippen molar-refractivity contribution in [3.05, 3.63) is 69.2 Å². The zero-order chi connectivity index (χ0) is 19.8. The molecule has 2 rings (SSSR count). The van der Waals surface area contributed by atoms with E-state index in [1.807, 2.05) is 0 Å². The first kappa shape index (κ1) is 20.1. The Morgan fingerprint density at radius 3 is 2.48 bits per heavy atom. The molecule has 9 nitrogen and oxygen atoms in total. The quantitative estimate of drug-likeness (QED) is 0.392. The van der Waals surface area contributed by atoms with Crippen LogP contribution in [-0.4, -0.2) is 28.5 Å². The first-order valence-corrected chi connectivity index (χ1v) is 8.17. The van der Waals surface area contributed by atoms with Crippen molar-refractivity contribution in [1.29, 1.82) is 0 Å². The number of nitrogens with one attached hydrogen (secondary N) is 3. The number of nitrogens with zero attached hydrogens (tertiary/aromatic N) is 1. The molecule has 0 fully saturated rings. The van der Waals surface area contributed by atoms with Gasteiger partial charge in [0.2, 0.25) is 0 Å². The zero-order valence-corrected chi connectivity index (χ0v) is 15.2. The topological polar surface area (TPSA) is 123 Å². The Morgan fingerprint density at radius 1 is 1.15 bits per heavy atom. The molecule has 27 heavy (non-hydrogen) atoms. The highest BCUT2D eigenvalue weighted by atomic mass is 35.5. The molecule has 0 aromatic heterocycles. The number of hydrogen-bond donors (Lipinski definition) is 3. The summed E-state index contributed by atoms with van der Waals surface area (Å²) >= 11 is 10.7. The van der Waals surface area contributed by atoms with E-state index in [-0.39, 0.29) is 23.2 Å². The summed E-state index contributed by atoms with van der Waals surface area (Å²) in [6.45, 7) is -0.365. The predicted octanol–water partition coefficient (Wildman–Crippen LogP) is 1.96. The largest absolute Gasteiger partial charge is 0.484 e. The van der Waals surface area contributed by atoms with Gasteiger partial charge in [-0.05, 0) is 42.5 Å². The van der Waals surface area contributed by atoms with Crippen molar-refractivity contribution in [2.75, 3.05) is 6.61 Å². The molecular formula is C16H13ClN4O5S. The van der Waals surface area contributed by atoms with Gasteiger partial charge in [0.05, 0.1) is 4.92 Å². The van der Waals surface area contributed by atoms with Gasteiger partial charge in [-0.2, -0.15) is 0 Å². The lowest BCUT2D eigenvalue weighted by Crippen LogP contribution is -2.49. The van der Waals surface area contributed by atoms with Crippen molar-refractivity contribution in [2.45, 2.75) is 0 Å². The van der Waals surface area contributed by atoms with Crippen LogP contribution in [0.2, 0.25) is 5.02 Å². The molecule has 3 N–H and O–H groups in total. The fourth-order valence-corrected chi connectivity index (χ4v) is 2.15. The Labute approximate surface area is 163 Å². The summed E-state index contributed by atoms with van der Waals surface area (Å²) in [5.74, 6) is -0.785. The summed E-state index contributed by atoms with van der Waals surface area (Å²) in [5.41, 5.74) is 4.82. The van der Waals surface area contributed by atoms with Crippen LogP contribution in [0.3, 0.4) is 0 Å². The molecule has 0 bridgehead atoms. The second kappa shape index (κ2) is 9.46. The Bertz CT molecular complexity index is 875. The number of rotatable bonds is 5. The van der Waals surface area contributed by atoms with Gasteiger partial charge in [-0.25, -0.2) is 0 Å². The molecule has 2 amide bonds. The van der Waals surface area contributed by atoms with Crippen molar-refractivity contribution in [2.24, 2.45) is 0 Å². The van der Waals surface area contributed by atoms with Crippen molar-refractivity contribution in [3.63, 3.8) is 0 Å². The molecule has 140 valence electrons. The number of amides is 2. The fourth-order valence-electron chi connectivity index (χ4n) is 1.81. The minimum Gasteiger partial charge on any atom is -0.484 e. The van der Waals surface area contributed by atoms with Crippen molar-refractivity contribution in [1.82, 2.24) is 16.2 Å². The summed E-state index contributed by atoms with van der Waals surface area (Å²) in [6, 6.07) is 11.5. The van der Waals surface area contributed by atoms with Crippen molar-refractivity contribution in [3.8, 4) is 5.75 Å². The second-order valence-electron chi connectivity index (χ2n) is 5.01. The molecule has 0 aliphatic rings. The van der Waals surface area contributed by atoms with Crippen molar-refractivity contribution >= 4 is 46.4 Å². The van der Waals surface area contributed by atoms with Gasteiger partial charge in [-0.1, -0.05) is 17.7 Å². The maximum absolute atomic E-state index is 12.0. The Balaban J connectivity index is 1.73. The molecule has 0 radical (unpaired) electrons. The van der Waals surface area contributed by atoms with Crippen LogP contribution < -0.4 is 20.9 Å². The first-order chi connectivity index (χ1) is 12.8. The van der Waals surface area contributed by atoms with Crippen LogP contribution in [0.15, 0.2) is 48.5 Å². The molecule has 2 aromatic rings. The number of thiocarbonyl (C=S) groups is 1. The van der Waals surface area contributed by atoms with E-state index in [1.54, 1.807) is 18.2 Å². The van der Waals surface area contributed by atoms with Gasteiger partial charge in [-0.3, -0.25) is 35.9 Å². The highest BCUT2D eigenvalue weighted by Crippen LogP contribution is 2.17. The lowest BCUT2D eigenvalue weighted by molar-refractivity contribution is -0.384. The third kappa shape index (κ3) is 6.53. The lowest BCUT2D eigenvalue weighted by Gasteiger charge is -2.11. The maximum atomic E-state index is 12.0. The number of nitro groups is 1. The Hall–Kier alpha value is -3.24. The smallest absolute Gasteiger partial charge is 0.276 e. The van der Waals surface area contributed by atoms with Gasteiger partial charge in [0.1, 0.15) is 5.75 Å². The van der Waals surface area contributed by atoms with E-state index in [1.165, 1.54) is 30.3 Å². The molecule has 0 aliphatic carbocycles. The summed E-state index contributed by atoms with van der Waals surface area (Å²) in [4.78, 5) is 33.7. The average molecular weight is 409 g/mol. The number of nitro benzene ring substituents is 1. The molecule has 0 aliphatic heterocycles. The summed E-state index contributed by atoms with van der Waals surface area (Å²) in [7, 11) is 0. The van der Waals surface area contributed by atoms with Gasteiger partial charge in [0.15, 0.2) is 11.7 Å². The van der Waals surface area contributed by atoms with Crippen molar-refractivity contribution < 1.29 is 19.2 Å². The van der Waals surface area contributed by atoms with Crippen LogP contribution in [0, 0.1) is 10.1 Å². The predicted molar refractivity (Wildman–Crippen MR) is 101 cm³/mol. The Morgan fingerprint density at radius 2 is 1.85 bits per heavy atom. The normalized spacial score (nSPS) is 9.81. The van der Waals surface area contributed by atoms with E-state index < -0.39 is 16.7 Å². The fraction of sp³-hybridized carbons (Fsp3) is 0.0625. The number of ether oxygens (including phenoxy) is 1. The number of carbonyl (C=O) groups is 2. The number of hydrogen-bond acceptors (Lipinski definition) is 6. The van der Waals surface area contributed by atoms with E-state index in [0.717, 1.165) is 0 Å². The van der Waals surface area contributed by atoms with E-state index in [9.17, 15) is 19.7 Å². The van der Waals surface area contributed by atoms with Crippen LogP contribution in [0.1, 0.15) is 10.4 Å². The molecule has 2 aromatic carbocycles. The third-order valence-electron chi connectivity index (χ3n) is 3.05. The molecule has 0 saturated carbocycles. The SMILES string of the molecule is O=C(COc1ccc([N+](=O)[O-])cc1)NNC(=S)NC(=O)c1cccc(Cl)c1. The van der Waals surface area contributed by atoms with Crippen LogP contribution in [0.25, 0.3) is 0 Å². The van der Waals surface area contributed by atoms with Gasteiger partial charge < -0.3 is 4.74 Å². The summed E-state index contributed by atoms with van der Waals surface area (Å²) in [6.07, 6.45) is 0. The average Bonchev–Trinajstić information content (AvgIpc) is 2.65. The standard InChI is InChI=1S/C16H13ClN4O5S/c17-11-3-1-2-10(8-11)15(23)18-16(27)20-19-14(22)9-26-13-6-4-12(5-7-13)21(24)25/h1-8H,9H2,(H,19,22)(H2,18,20,23,27). The molecule has 0 atom stereocenters. The monoisotopic (exact) mass is 408 g/mol. The highest BCUT2D eigenvalue weighted by Gasteiger charge is 2.10. The first-order valence-electron chi connectivity index (χ1n) is 7.38. The number of hydrazine groups is 1. The number of benzene rings is 2. The third-order valence-corrected chi connectivity index (χ3v) is 3.49. The highest BCUT2D eigenvalue weighted by molar-refractivity contribution is 7.80. The maximum Gasteiger partial charge on any atom is 0.276 e. The van der Waals surface area contributed by atoms with Crippen LogP contribution in [0.5, 0.6) is 5.75 Å². The van der Waals surface area contributed by atoms with E-state index in [0.29, 0.717) is 10.6 Å². The van der Waals surface area contributed by atoms with Gasteiger partial charge >= 0.3 is 0 Å². The Kier molecular flexibility index (Phi) is 7.03. The minimum atomic E-state index is -0.576. The molecule has 0 saturated heterocycles. The molecule has 0 spiro atoms. The van der Waals surface area contributed by atoms with E-state index in [4.69, 9.17) is 28.6 Å². The van der Waals surface area contributed by atoms with Crippen LogP contribution in [-0.2, 0) is 4.79 Å². The zero-order valence-electron chi connectivity index (χ0n) is 13.6. The lowest BCUT2D eigenvalue weighted by atomic mass is 10.2. The molecule has 0 heterocycles. The summed E-state index contributed by atoms with van der Waals surface area (Å²) < 4.78 is 5.18. The molecule has 0 unspecified atom stereocenters. The summed E-state index contributed by atoms with van der Waals surface area (Å²) in [5, 5.41) is 13.2.